The molecule has 1 aliphatic rings. The molecule has 1 atom stereocenters. The van der Waals surface area contributed by atoms with Crippen LogP contribution in [-0.4, -0.2) is 29.4 Å². The first-order chi connectivity index (χ1) is 16.9. The van der Waals surface area contributed by atoms with Crippen molar-refractivity contribution < 1.29 is 14.3 Å². The Kier molecular flexibility index (Phi) is 6.26. The van der Waals surface area contributed by atoms with E-state index in [1.807, 2.05) is 60.7 Å². The van der Waals surface area contributed by atoms with Crippen LogP contribution in [0.2, 0.25) is 0 Å². The lowest BCUT2D eigenvalue weighted by atomic mass is 10.0. The summed E-state index contributed by atoms with van der Waals surface area (Å²) in [7, 11) is 0. The topological polar surface area (TPSA) is 62.7 Å². The number of hydrogen-bond donors (Lipinski definition) is 0. The van der Waals surface area contributed by atoms with Crippen molar-refractivity contribution in [3.05, 3.63) is 78.4 Å². The molecule has 3 aromatic carbocycles. The van der Waals surface area contributed by atoms with Gasteiger partial charge in [0, 0.05) is 13.0 Å². The van der Waals surface area contributed by atoms with Gasteiger partial charge in [0.25, 0.3) is 5.91 Å². The molecule has 0 saturated heterocycles. The van der Waals surface area contributed by atoms with Crippen LogP contribution in [-0.2, 0) is 9.59 Å². The molecule has 2 heterocycles. The molecular weight excluding hydrogens is 458 g/mol. The van der Waals surface area contributed by atoms with Crippen LogP contribution < -0.4 is 14.5 Å². The Labute approximate surface area is 208 Å². The lowest BCUT2D eigenvalue weighted by molar-refractivity contribution is -0.125. The quantitative estimate of drug-likeness (QED) is 0.322. The zero-order valence-corrected chi connectivity index (χ0v) is 20.8. The number of fused-ring (bicyclic) bond motifs is 2. The molecule has 0 radical (unpaired) electrons. The van der Waals surface area contributed by atoms with Crippen molar-refractivity contribution in [1.82, 2.24) is 4.98 Å². The molecule has 0 bridgehead atoms. The monoisotopic (exact) mass is 485 g/mol. The summed E-state index contributed by atoms with van der Waals surface area (Å²) in [5, 5.41) is 0.621. The summed E-state index contributed by atoms with van der Waals surface area (Å²) in [5.74, 6) is 0.777. The number of rotatable bonds is 6. The Balaban J connectivity index is 1.46. The Morgan fingerprint density at radius 2 is 1.77 bits per heavy atom. The summed E-state index contributed by atoms with van der Waals surface area (Å²) in [6, 6.07) is 23.3. The summed E-state index contributed by atoms with van der Waals surface area (Å²) < 4.78 is 6.76. The average Bonchev–Trinajstić information content (AvgIpc) is 3.28. The van der Waals surface area contributed by atoms with Crippen LogP contribution in [0, 0.1) is 0 Å². The van der Waals surface area contributed by atoms with Gasteiger partial charge in [0.1, 0.15) is 5.75 Å². The molecule has 2 amide bonds. The summed E-state index contributed by atoms with van der Waals surface area (Å²) in [5.41, 5.74) is 3.52. The number of ether oxygens (including phenoxy) is 1. The predicted molar refractivity (Wildman–Crippen MR) is 141 cm³/mol. The van der Waals surface area contributed by atoms with Crippen molar-refractivity contribution in [2.75, 3.05) is 16.3 Å². The molecular formula is C28H27N3O3S. The third-order valence-electron chi connectivity index (χ3n) is 6.16. The normalized spacial score (nSPS) is 15.3. The van der Waals surface area contributed by atoms with Crippen LogP contribution >= 0.6 is 11.3 Å². The van der Waals surface area contributed by atoms with E-state index in [1.54, 1.807) is 16.7 Å². The molecule has 178 valence electrons. The number of carbonyl (C=O) groups excluding carboxylic acids is 2. The second-order valence-corrected chi connectivity index (χ2v) is 9.92. The predicted octanol–water partition coefficient (Wildman–Crippen LogP) is 6.29. The molecule has 7 heteroatoms. The smallest absolute Gasteiger partial charge is 0.267 e. The summed E-state index contributed by atoms with van der Waals surface area (Å²) in [6.07, 6.45) is -0.446. The number of thiazole rings is 1. The van der Waals surface area contributed by atoms with E-state index in [9.17, 15) is 9.59 Å². The van der Waals surface area contributed by atoms with Crippen LogP contribution in [0.1, 0.15) is 38.7 Å². The van der Waals surface area contributed by atoms with Gasteiger partial charge in [-0.3, -0.25) is 14.5 Å². The van der Waals surface area contributed by atoms with E-state index in [1.165, 1.54) is 16.9 Å². The minimum atomic E-state index is -0.594. The SMILES string of the molecule is CC1Oc2ccccc2N(CCC(=O)N(c2ccc(C(C)C)cc2)c2nc3ccccc3s2)C1=O. The van der Waals surface area contributed by atoms with Crippen LogP contribution in [0.25, 0.3) is 10.2 Å². The van der Waals surface area contributed by atoms with Crippen LogP contribution in [0.4, 0.5) is 16.5 Å². The fourth-order valence-corrected chi connectivity index (χ4v) is 5.24. The standard InChI is InChI=1S/C28H27N3O3S/c1-18(2)20-12-14-21(15-13-20)31(28-29-22-8-4-7-11-25(22)35-28)26(32)16-17-30-23-9-5-6-10-24(23)34-19(3)27(30)33/h4-15,18-19H,16-17H2,1-3H3. The Bertz CT molecular complexity index is 1350. The highest BCUT2D eigenvalue weighted by molar-refractivity contribution is 7.22. The molecule has 1 aliphatic heterocycles. The molecule has 35 heavy (non-hydrogen) atoms. The number of para-hydroxylation sites is 3. The summed E-state index contributed by atoms with van der Waals surface area (Å²) in [4.78, 5) is 34.7. The number of hydrogen-bond acceptors (Lipinski definition) is 5. The first kappa shape index (κ1) is 23.1. The average molecular weight is 486 g/mol. The van der Waals surface area contributed by atoms with Crippen molar-refractivity contribution in [3.8, 4) is 5.75 Å². The molecule has 0 spiro atoms. The first-order valence-electron chi connectivity index (χ1n) is 11.8. The molecule has 0 N–H and O–H groups in total. The highest BCUT2D eigenvalue weighted by Gasteiger charge is 2.32. The van der Waals surface area contributed by atoms with Gasteiger partial charge in [-0.15, -0.1) is 0 Å². The van der Waals surface area contributed by atoms with Crippen LogP contribution in [0.3, 0.4) is 0 Å². The molecule has 0 aliphatic carbocycles. The maximum Gasteiger partial charge on any atom is 0.267 e. The van der Waals surface area contributed by atoms with E-state index in [4.69, 9.17) is 9.72 Å². The van der Waals surface area contributed by atoms with Gasteiger partial charge in [-0.05, 0) is 54.8 Å². The zero-order chi connectivity index (χ0) is 24.5. The summed E-state index contributed by atoms with van der Waals surface area (Å²) in [6.45, 7) is 6.28. The number of anilines is 3. The highest BCUT2D eigenvalue weighted by Crippen LogP contribution is 2.36. The fourth-order valence-electron chi connectivity index (χ4n) is 4.23. The largest absolute Gasteiger partial charge is 0.479 e. The molecule has 0 fully saturated rings. The van der Waals surface area contributed by atoms with E-state index in [-0.39, 0.29) is 24.8 Å². The molecule has 5 rings (SSSR count). The van der Waals surface area contributed by atoms with Crippen molar-refractivity contribution in [2.24, 2.45) is 0 Å². The maximum absolute atomic E-state index is 13.7. The molecule has 1 aromatic heterocycles. The van der Waals surface area contributed by atoms with Gasteiger partial charge >= 0.3 is 0 Å². The molecule has 4 aromatic rings. The van der Waals surface area contributed by atoms with Crippen molar-refractivity contribution in [1.29, 1.82) is 0 Å². The highest BCUT2D eigenvalue weighted by atomic mass is 32.1. The van der Waals surface area contributed by atoms with Gasteiger partial charge in [-0.25, -0.2) is 4.98 Å². The van der Waals surface area contributed by atoms with Gasteiger partial charge in [-0.2, -0.15) is 0 Å². The van der Waals surface area contributed by atoms with Gasteiger partial charge in [-0.1, -0.05) is 61.6 Å². The van der Waals surface area contributed by atoms with E-state index in [2.05, 4.69) is 26.0 Å². The Morgan fingerprint density at radius 3 is 2.51 bits per heavy atom. The molecule has 0 saturated carbocycles. The van der Waals surface area contributed by atoms with E-state index in [0.717, 1.165) is 15.9 Å². The van der Waals surface area contributed by atoms with Gasteiger partial charge in [0.2, 0.25) is 5.91 Å². The number of aromatic nitrogens is 1. The third-order valence-corrected chi connectivity index (χ3v) is 7.19. The second kappa shape index (κ2) is 9.50. The summed E-state index contributed by atoms with van der Waals surface area (Å²) >= 11 is 1.48. The van der Waals surface area contributed by atoms with E-state index in [0.29, 0.717) is 22.5 Å². The van der Waals surface area contributed by atoms with Crippen molar-refractivity contribution >= 4 is 49.9 Å². The number of benzene rings is 3. The van der Waals surface area contributed by atoms with E-state index >= 15 is 0 Å². The first-order valence-corrected chi connectivity index (χ1v) is 12.6. The molecule has 6 nitrogen and oxygen atoms in total. The Hall–Kier alpha value is -3.71. The van der Waals surface area contributed by atoms with Crippen molar-refractivity contribution in [2.45, 2.75) is 39.2 Å². The fraction of sp³-hybridized carbons (Fsp3) is 0.250. The number of amides is 2. The van der Waals surface area contributed by atoms with Crippen molar-refractivity contribution in [3.63, 3.8) is 0 Å². The number of nitrogens with zero attached hydrogens (tertiary/aromatic N) is 3. The zero-order valence-electron chi connectivity index (χ0n) is 20.0. The minimum absolute atomic E-state index is 0.120. The minimum Gasteiger partial charge on any atom is -0.479 e. The van der Waals surface area contributed by atoms with Gasteiger partial charge in [0.15, 0.2) is 11.2 Å². The molecule has 1 unspecified atom stereocenters. The Morgan fingerprint density at radius 1 is 1.06 bits per heavy atom. The second-order valence-electron chi connectivity index (χ2n) is 8.91. The lowest BCUT2D eigenvalue weighted by Gasteiger charge is -2.33. The van der Waals surface area contributed by atoms with Crippen LogP contribution in [0.5, 0.6) is 5.75 Å². The third kappa shape index (κ3) is 4.51. The van der Waals surface area contributed by atoms with E-state index < -0.39 is 6.10 Å². The maximum atomic E-state index is 13.7. The lowest BCUT2D eigenvalue weighted by Crippen LogP contribution is -2.45. The number of carbonyl (C=O) groups is 2. The van der Waals surface area contributed by atoms with Gasteiger partial charge in [0.05, 0.1) is 21.6 Å². The van der Waals surface area contributed by atoms with Gasteiger partial charge < -0.3 is 9.64 Å². The van der Waals surface area contributed by atoms with Crippen LogP contribution in [0.15, 0.2) is 72.8 Å².